The van der Waals surface area contributed by atoms with Crippen LogP contribution in [-0.2, 0) is 20.1 Å². The molecule has 2 rings (SSSR count). The summed E-state index contributed by atoms with van der Waals surface area (Å²) in [5, 5.41) is 7.47. The van der Waals surface area contributed by atoms with Crippen LogP contribution in [0.1, 0.15) is 11.3 Å². The van der Waals surface area contributed by atoms with Gasteiger partial charge in [0.05, 0.1) is 10.2 Å². The molecule has 0 saturated heterocycles. The van der Waals surface area contributed by atoms with Gasteiger partial charge in [-0.3, -0.25) is 4.68 Å². The molecule has 0 bridgehead atoms. The minimum Gasteiger partial charge on any atom is -0.307 e. The first-order valence-electron chi connectivity index (χ1n) is 5.28. The first-order chi connectivity index (χ1) is 8.15. The highest BCUT2D eigenvalue weighted by molar-refractivity contribution is 9.10. The van der Waals surface area contributed by atoms with Crippen LogP contribution in [0.3, 0.4) is 0 Å². The van der Waals surface area contributed by atoms with Crippen molar-refractivity contribution in [2.75, 3.05) is 0 Å². The lowest BCUT2D eigenvalue weighted by molar-refractivity contribution is 0.611. The average molecular weight is 298 g/mol. The maximum absolute atomic E-state index is 13.2. The van der Waals surface area contributed by atoms with Crippen LogP contribution in [0.5, 0.6) is 0 Å². The normalized spacial score (nSPS) is 10.8. The molecule has 1 aromatic heterocycles. The number of hydrogen-bond donors (Lipinski definition) is 1. The van der Waals surface area contributed by atoms with Gasteiger partial charge in [-0.05, 0) is 39.7 Å². The predicted molar refractivity (Wildman–Crippen MR) is 67.9 cm³/mol. The topological polar surface area (TPSA) is 29.9 Å². The Hall–Kier alpha value is -1.20. The molecule has 0 atom stereocenters. The summed E-state index contributed by atoms with van der Waals surface area (Å²) in [6.45, 7) is 1.30. The third-order valence-electron chi connectivity index (χ3n) is 2.39. The van der Waals surface area contributed by atoms with Gasteiger partial charge in [-0.15, -0.1) is 0 Å². The predicted octanol–water partition coefficient (Wildman–Crippen LogP) is 2.61. The Morgan fingerprint density at radius 2 is 2.18 bits per heavy atom. The molecule has 0 aliphatic rings. The number of hydrogen-bond acceptors (Lipinski definition) is 2. The molecule has 3 nitrogen and oxygen atoms in total. The summed E-state index contributed by atoms with van der Waals surface area (Å²) in [7, 11) is 1.88. The molecule has 0 saturated carbocycles. The number of benzene rings is 1. The summed E-state index contributed by atoms with van der Waals surface area (Å²) in [6, 6.07) is 7.08. The van der Waals surface area contributed by atoms with E-state index in [1.54, 1.807) is 10.7 Å². The van der Waals surface area contributed by atoms with E-state index in [1.165, 1.54) is 6.07 Å². The van der Waals surface area contributed by atoms with Gasteiger partial charge in [0.2, 0.25) is 0 Å². The minimum absolute atomic E-state index is 0.234. The van der Waals surface area contributed by atoms with E-state index in [1.807, 2.05) is 25.4 Å². The standard InChI is InChI=1S/C12H13BrFN3/c1-17-5-4-10(16-17)8-15-7-9-2-3-11(13)12(14)6-9/h2-6,15H,7-8H2,1H3. The van der Waals surface area contributed by atoms with E-state index in [-0.39, 0.29) is 5.82 Å². The molecule has 1 N–H and O–H groups in total. The van der Waals surface area contributed by atoms with Crippen molar-refractivity contribution in [3.05, 3.63) is 52.0 Å². The van der Waals surface area contributed by atoms with Gasteiger partial charge in [0, 0.05) is 26.3 Å². The van der Waals surface area contributed by atoms with Gasteiger partial charge in [0.1, 0.15) is 5.82 Å². The molecule has 0 amide bonds. The van der Waals surface area contributed by atoms with Crippen molar-refractivity contribution in [1.82, 2.24) is 15.1 Å². The molecule has 17 heavy (non-hydrogen) atoms. The van der Waals surface area contributed by atoms with Crippen molar-refractivity contribution >= 4 is 15.9 Å². The quantitative estimate of drug-likeness (QED) is 0.940. The fourth-order valence-corrected chi connectivity index (χ4v) is 1.79. The lowest BCUT2D eigenvalue weighted by Crippen LogP contribution is -2.13. The largest absolute Gasteiger partial charge is 0.307 e. The zero-order valence-electron chi connectivity index (χ0n) is 9.45. The monoisotopic (exact) mass is 297 g/mol. The van der Waals surface area contributed by atoms with Gasteiger partial charge in [-0.25, -0.2) is 4.39 Å². The van der Waals surface area contributed by atoms with Crippen LogP contribution in [0.2, 0.25) is 0 Å². The Morgan fingerprint density at radius 1 is 1.35 bits per heavy atom. The van der Waals surface area contributed by atoms with Crippen LogP contribution in [0.4, 0.5) is 4.39 Å². The van der Waals surface area contributed by atoms with E-state index in [4.69, 9.17) is 0 Å². The Labute approximate surface area is 108 Å². The highest BCUT2D eigenvalue weighted by atomic mass is 79.9. The van der Waals surface area contributed by atoms with E-state index in [0.717, 1.165) is 11.3 Å². The maximum atomic E-state index is 13.2. The number of rotatable bonds is 4. The van der Waals surface area contributed by atoms with Crippen molar-refractivity contribution in [3.63, 3.8) is 0 Å². The summed E-state index contributed by atoms with van der Waals surface area (Å²) >= 11 is 3.13. The van der Waals surface area contributed by atoms with Crippen molar-refractivity contribution in [2.45, 2.75) is 13.1 Å². The van der Waals surface area contributed by atoms with Crippen LogP contribution >= 0.6 is 15.9 Å². The van der Waals surface area contributed by atoms with E-state index in [9.17, 15) is 4.39 Å². The molecule has 0 radical (unpaired) electrons. The summed E-state index contributed by atoms with van der Waals surface area (Å²) in [4.78, 5) is 0. The summed E-state index contributed by atoms with van der Waals surface area (Å²) < 4.78 is 15.5. The average Bonchev–Trinajstić information content (AvgIpc) is 2.70. The molecule has 2 aromatic rings. The third kappa shape index (κ3) is 3.38. The lowest BCUT2D eigenvalue weighted by Gasteiger charge is -2.04. The zero-order chi connectivity index (χ0) is 12.3. The second-order valence-corrected chi connectivity index (χ2v) is 4.69. The highest BCUT2D eigenvalue weighted by Gasteiger charge is 2.01. The highest BCUT2D eigenvalue weighted by Crippen LogP contribution is 2.16. The number of aromatic nitrogens is 2. The number of nitrogens with zero attached hydrogens (tertiary/aromatic N) is 2. The van der Waals surface area contributed by atoms with Gasteiger partial charge in [0.25, 0.3) is 0 Å². The first kappa shape index (κ1) is 12.3. The number of nitrogens with one attached hydrogen (secondary N) is 1. The van der Waals surface area contributed by atoms with Crippen molar-refractivity contribution in [1.29, 1.82) is 0 Å². The maximum Gasteiger partial charge on any atom is 0.137 e. The van der Waals surface area contributed by atoms with E-state index < -0.39 is 0 Å². The first-order valence-corrected chi connectivity index (χ1v) is 6.07. The Morgan fingerprint density at radius 3 is 2.82 bits per heavy atom. The van der Waals surface area contributed by atoms with Gasteiger partial charge in [-0.2, -0.15) is 5.10 Å². The van der Waals surface area contributed by atoms with Crippen LogP contribution in [0, 0.1) is 5.82 Å². The minimum atomic E-state index is -0.234. The van der Waals surface area contributed by atoms with Gasteiger partial charge < -0.3 is 5.32 Å². The molecular formula is C12H13BrFN3. The second-order valence-electron chi connectivity index (χ2n) is 3.83. The molecule has 0 unspecified atom stereocenters. The smallest absolute Gasteiger partial charge is 0.137 e. The van der Waals surface area contributed by atoms with Crippen LogP contribution in [-0.4, -0.2) is 9.78 Å². The Balaban J connectivity index is 1.87. The lowest BCUT2D eigenvalue weighted by atomic mass is 10.2. The van der Waals surface area contributed by atoms with Crippen LogP contribution < -0.4 is 5.32 Å². The zero-order valence-corrected chi connectivity index (χ0v) is 11.0. The number of halogens is 2. The summed E-state index contributed by atoms with van der Waals surface area (Å²) in [5.41, 5.74) is 1.90. The second kappa shape index (κ2) is 5.42. The third-order valence-corrected chi connectivity index (χ3v) is 3.03. The van der Waals surface area contributed by atoms with Crippen LogP contribution in [0.15, 0.2) is 34.9 Å². The van der Waals surface area contributed by atoms with Crippen molar-refractivity contribution < 1.29 is 4.39 Å². The van der Waals surface area contributed by atoms with E-state index >= 15 is 0 Å². The van der Waals surface area contributed by atoms with Crippen molar-refractivity contribution in [3.8, 4) is 0 Å². The SMILES string of the molecule is Cn1ccc(CNCc2ccc(Br)c(F)c2)n1. The molecular weight excluding hydrogens is 285 g/mol. The summed E-state index contributed by atoms with van der Waals surface area (Å²) in [5.74, 6) is -0.234. The van der Waals surface area contributed by atoms with Gasteiger partial charge in [-0.1, -0.05) is 6.07 Å². The number of aryl methyl sites for hydroxylation is 1. The van der Waals surface area contributed by atoms with E-state index in [0.29, 0.717) is 17.6 Å². The molecule has 0 fully saturated rings. The summed E-state index contributed by atoms with van der Waals surface area (Å²) in [6.07, 6.45) is 1.90. The molecule has 90 valence electrons. The van der Waals surface area contributed by atoms with Gasteiger partial charge in [0.15, 0.2) is 0 Å². The Kier molecular flexibility index (Phi) is 3.91. The fraction of sp³-hybridized carbons (Fsp3) is 0.250. The molecule has 5 heteroatoms. The molecule has 0 aliphatic heterocycles. The van der Waals surface area contributed by atoms with E-state index in [2.05, 4.69) is 26.3 Å². The molecule has 0 spiro atoms. The molecule has 1 aromatic carbocycles. The molecule has 0 aliphatic carbocycles. The molecule has 1 heterocycles. The fourth-order valence-electron chi connectivity index (χ4n) is 1.54. The van der Waals surface area contributed by atoms with Gasteiger partial charge >= 0.3 is 0 Å². The van der Waals surface area contributed by atoms with Crippen molar-refractivity contribution in [2.24, 2.45) is 7.05 Å². The Bertz CT molecular complexity index is 510. The van der Waals surface area contributed by atoms with Crippen LogP contribution in [0.25, 0.3) is 0 Å².